The Labute approximate surface area is 207 Å². The van der Waals surface area contributed by atoms with Crippen molar-refractivity contribution in [1.29, 1.82) is 0 Å². The van der Waals surface area contributed by atoms with E-state index >= 15 is 0 Å². The van der Waals surface area contributed by atoms with Gasteiger partial charge in [-0.3, -0.25) is 4.98 Å². The molecule has 4 aromatic rings. The van der Waals surface area contributed by atoms with Crippen molar-refractivity contribution in [2.45, 2.75) is 44.4 Å². The minimum Gasteiger partial charge on any atom is -0.391 e. The highest BCUT2D eigenvalue weighted by atomic mass is 19.1. The lowest BCUT2D eigenvalue weighted by Gasteiger charge is -2.36. The standard InChI is InChI=1S/C26H28F2N6O2/c1-14-7-16(10-21(29)25(14)35)18-5-6-30-12-23(18)32-26-31-11-17-3-4-22(33-34(17)26)24-19(27)8-15(13-36-2)9-20(24)28/h3-6,8-9,11-12,14,16,21,25,35H,7,10,13,29H2,1-2H3,(H,31,32)/t14-,16+,21+,25-/m0/s1. The van der Waals surface area contributed by atoms with Crippen LogP contribution in [0.4, 0.5) is 20.4 Å². The second kappa shape index (κ2) is 9.88. The molecule has 188 valence electrons. The summed E-state index contributed by atoms with van der Waals surface area (Å²) in [7, 11) is 1.47. The summed E-state index contributed by atoms with van der Waals surface area (Å²) in [5, 5.41) is 18.0. The van der Waals surface area contributed by atoms with E-state index in [1.54, 1.807) is 30.7 Å². The van der Waals surface area contributed by atoms with Crippen molar-refractivity contribution in [3.05, 3.63) is 71.7 Å². The van der Waals surface area contributed by atoms with Crippen molar-refractivity contribution < 1.29 is 18.6 Å². The summed E-state index contributed by atoms with van der Waals surface area (Å²) in [5.74, 6) is -0.860. The molecule has 1 aliphatic rings. The van der Waals surface area contributed by atoms with Gasteiger partial charge in [-0.25, -0.2) is 13.8 Å². The maximum Gasteiger partial charge on any atom is 0.229 e. The van der Waals surface area contributed by atoms with Gasteiger partial charge in [0.15, 0.2) is 0 Å². The molecule has 1 fully saturated rings. The van der Waals surface area contributed by atoms with Gasteiger partial charge in [-0.1, -0.05) is 6.92 Å². The number of pyridine rings is 1. The van der Waals surface area contributed by atoms with E-state index in [1.807, 2.05) is 13.0 Å². The Balaban J connectivity index is 1.49. The maximum atomic E-state index is 14.8. The van der Waals surface area contributed by atoms with Crippen molar-refractivity contribution in [1.82, 2.24) is 19.6 Å². The number of nitrogens with two attached hydrogens (primary N) is 1. The quantitative estimate of drug-likeness (QED) is 0.369. The minimum atomic E-state index is -0.719. The summed E-state index contributed by atoms with van der Waals surface area (Å²) in [6.45, 7) is 2.10. The Morgan fingerprint density at radius 2 is 1.94 bits per heavy atom. The van der Waals surface area contributed by atoms with Crippen LogP contribution in [0.25, 0.3) is 16.8 Å². The molecule has 4 N–H and O–H groups in total. The topological polar surface area (TPSA) is 111 Å². The number of aromatic nitrogens is 4. The largest absolute Gasteiger partial charge is 0.391 e. The molecule has 10 heteroatoms. The third kappa shape index (κ3) is 4.55. The number of anilines is 2. The highest BCUT2D eigenvalue weighted by Gasteiger charge is 2.34. The zero-order valence-corrected chi connectivity index (χ0v) is 20.0. The molecule has 0 unspecified atom stereocenters. The molecule has 0 aliphatic heterocycles. The van der Waals surface area contributed by atoms with Gasteiger partial charge in [0.25, 0.3) is 0 Å². The average molecular weight is 495 g/mol. The number of imidazole rings is 1. The van der Waals surface area contributed by atoms with Crippen LogP contribution in [0.5, 0.6) is 0 Å². The van der Waals surface area contributed by atoms with Gasteiger partial charge in [0, 0.05) is 19.3 Å². The second-order valence-electron chi connectivity index (χ2n) is 9.39. The van der Waals surface area contributed by atoms with Crippen LogP contribution in [-0.4, -0.2) is 43.9 Å². The molecule has 0 amide bonds. The summed E-state index contributed by atoms with van der Waals surface area (Å²) >= 11 is 0. The predicted molar refractivity (Wildman–Crippen MR) is 132 cm³/mol. The Bertz CT molecular complexity index is 1360. The van der Waals surface area contributed by atoms with E-state index in [0.29, 0.717) is 23.4 Å². The fraction of sp³-hybridized carbons (Fsp3) is 0.346. The maximum absolute atomic E-state index is 14.8. The molecule has 1 saturated carbocycles. The minimum absolute atomic E-state index is 0.0660. The van der Waals surface area contributed by atoms with E-state index in [0.717, 1.165) is 17.7 Å². The highest BCUT2D eigenvalue weighted by molar-refractivity contribution is 5.66. The Hall–Kier alpha value is -3.47. The van der Waals surface area contributed by atoms with Crippen molar-refractivity contribution in [2.75, 3.05) is 12.4 Å². The van der Waals surface area contributed by atoms with Crippen LogP contribution < -0.4 is 11.1 Å². The molecule has 1 aliphatic carbocycles. The zero-order chi connectivity index (χ0) is 25.4. The number of halogens is 2. The van der Waals surface area contributed by atoms with Gasteiger partial charge in [0.1, 0.15) is 11.6 Å². The average Bonchev–Trinajstić information content (AvgIpc) is 3.24. The van der Waals surface area contributed by atoms with Gasteiger partial charge < -0.3 is 20.9 Å². The van der Waals surface area contributed by atoms with Crippen LogP contribution >= 0.6 is 0 Å². The fourth-order valence-corrected chi connectivity index (χ4v) is 5.04. The predicted octanol–water partition coefficient (Wildman–Crippen LogP) is 4.16. The Morgan fingerprint density at radius 1 is 1.17 bits per heavy atom. The number of nitrogens with one attached hydrogen (secondary N) is 1. The van der Waals surface area contributed by atoms with Crippen LogP contribution in [0.1, 0.15) is 36.8 Å². The first kappa shape index (κ1) is 24.2. The molecule has 36 heavy (non-hydrogen) atoms. The van der Waals surface area contributed by atoms with Gasteiger partial charge in [0.05, 0.1) is 47.6 Å². The first-order valence-electron chi connectivity index (χ1n) is 11.8. The van der Waals surface area contributed by atoms with Crippen LogP contribution in [0.15, 0.2) is 48.9 Å². The molecule has 5 rings (SSSR count). The molecule has 0 bridgehead atoms. The van der Waals surface area contributed by atoms with Crippen molar-refractivity contribution >= 4 is 17.2 Å². The van der Waals surface area contributed by atoms with Crippen LogP contribution in [0, 0.1) is 17.6 Å². The smallest absolute Gasteiger partial charge is 0.229 e. The summed E-state index contributed by atoms with van der Waals surface area (Å²) in [5.41, 5.74) is 8.91. The third-order valence-corrected chi connectivity index (χ3v) is 6.83. The van der Waals surface area contributed by atoms with Crippen LogP contribution in [-0.2, 0) is 11.3 Å². The highest BCUT2D eigenvalue weighted by Crippen LogP contribution is 2.39. The Morgan fingerprint density at radius 3 is 2.67 bits per heavy atom. The molecule has 3 heterocycles. The normalized spacial score (nSPS) is 22.2. The number of rotatable bonds is 6. The first-order chi connectivity index (χ1) is 17.4. The van der Waals surface area contributed by atoms with Crippen molar-refractivity contribution in [2.24, 2.45) is 11.7 Å². The van der Waals surface area contributed by atoms with Crippen molar-refractivity contribution in [3.63, 3.8) is 0 Å². The van der Waals surface area contributed by atoms with Gasteiger partial charge >= 0.3 is 0 Å². The number of benzene rings is 1. The first-order valence-corrected chi connectivity index (χ1v) is 11.8. The van der Waals surface area contributed by atoms with Crippen LogP contribution in [0.3, 0.4) is 0 Å². The molecular formula is C26H28F2N6O2. The molecule has 0 radical (unpaired) electrons. The number of hydrogen-bond acceptors (Lipinski definition) is 7. The lowest BCUT2D eigenvalue weighted by atomic mass is 9.74. The molecule has 3 aromatic heterocycles. The van der Waals surface area contributed by atoms with Gasteiger partial charge in [-0.2, -0.15) is 9.61 Å². The van der Waals surface area contributed by atoms with Crippen molar-refractivity contribution in [3.8, 4) is 11.3 Å². The summed E-state index contributed by atoms with van der Waals surface area (Å²) in [4.78, 5) is 8.69. The SMILES string of the molecule is COCc1cc(F)c(-c2ccc3cnc(Nc4cnccc4[C@H]4C[C@@H](N)[C@@H](O)[C@@H](C)C4)n3n2)c(F)c1. The molecule has 1 aromatic carbocycles. The molecule has 0 saturated heterocycles. The molecule has 0 spiro atoms. The Kier molecular flexibility index (Phi) is 6.65. The lowest BCUT2D eigenvalue weighted by Crippen LogP contribution is -2.44. The lowest BCUT2D eigenvalue weighted by molar-refractivity contribution is 0.0521. The van der Waals surface area contributed by atoms with E-state index in [9.17, 15) is 13.9 Å². The zero-order valence-electron chi connectivity index (χ0n) is 20.0. The van der Waals surface area contributed by atoms with Gasteiger partial charge in [-0.15, -0.1) is 0 Å². The summed E-state index contributed by atoms with van der Waals surface area (Å²) < 4.78 is 36.1. The summed E-state index contributed by atoms with van der Waals surface area (Å²) in [6, 6.07) is 7.38. The second-order valence-corrected chi connectivity index (χ2v) is 9.39. The van der Waals surface area contributed by atoms with E-state index in [2.05, 4.69) is 20.4 Å². The van der Waals surface area contributed by atoms with Gasteiger partial charge in [0.2, 0.25) is 5.95 Å². The number of hydrogen-bond donors (Lipinski definition) is 3. The number of aliphatic hydroxyl groups excluding tert-OH is 1. The third-order valence-electron chi connectivity index (χ3n) is 6.83. The monoisotopic (exact) mass is 494 g/mol. The van der Waals surface area contributed by atoms with E-state index in [4.69, 9.17) is 10.5 Å². The van der Waals surface area contributed by atoms with E-state index < -0.39 is 17.7 Å². The number of aliphatic hydroxyl groups is 1. The van der Waals surface area contributed by atoms with E-state index in [-0.39, 0.29) is 35.7 Å². The molecule has 4 atom stereocenters. The van der Waals surface area contributed by atoms with E-state index in [1.165, 1.54) is 23.8 Å². The molecular weight excluding hydrogens is 466 g/mol. The van der Waals surface area contributed by atoms with Gasteiger partial charge in [-0.05, 0) is 66.1 Å². The number of ether oxygens (including phenoxy) is 1. The molecule has 8 nitrogen and oxygen atoms in total. The van der Waals surface area contributed by atoms with Crippen LogP contribution in [0.2, 0.25) is 0 Å². The fourth-order valence-electron chi connectivity index (χ4n) is 5.04. The summed E-state index contributed by atoms with van der Waals surface area (Å²) in [6.07, 6.45) is 5.96. The number of fused-ring (bicyclic) bond motifs is 1. The number of nitrogens with zero attached hydrogens (tertiary/aromatic N) is 4. The number of methoxy groups -OCH3 is 1.